The molecule has 2 aliphatic rings. The predicted octanol–water partition coefficient (Wildman–Crippen LogP) is 4.35. The molecule has 0 saturated carbocycles. The molecule has 3 aromatic rings. The molecule has 4 amide bonds. The molecule has 10 nitrogen and oxygen atoms in total. The molecule has 2 fully saturated rings. The van der Waals surface area contributed by atoms with Crippen LogP contribution in [0.4, 0.5) is 16.2 Å². The van der Waals surface area contributed by atoms with Gasteiger partial charge in [0.05, 0.1) is 20.9 Å². The highest BCUT2D eigenvalue weighted by Crippen LogP contribution is 2.39. The van der Waals surface area contributed by atoms with Crippen molar-refractivity contribution in [2.45, 2.75) is 38.6 Å². The normalized spacial score (nSPS) is 15.8. The van der Waals surface area contributed by atoms with Crippen molar-refractivity contribution in [3.05, 3.63) is 83.4 Å². The van der Waals surface area contributed by atoms with Gasteiger partial charge in [0.1, 0.15) is 12.1 Å². The van der Waals surface area contributed by atoms with Crippen LogP contribution < -0.4 is 25.0 Å². The van der Waals surface area contributed by atoms with Crippen LogP contribution in [0.15, 0.2) is 66.7 Å². The average Bonchev–Trinajstić information content (AvgIpc) is 3.29. The largest absolute Gasteiger partial charge is 0.493 e. The number of nitrogens with one attached hydrogen (secondary N) is 2. The lowest BCUT2D eigenvalue weighted by Crippen LogP contribution is -2.58. The molecule has 0 bridgehead atoms. The Hall–Kier alpha value is -4.73. The van der Waals surface area contributed by atoms with E-state index in [-0.39, 0.29) is 24.4 Å². The zero-order valence-corrected chi connectivity index (χ0v) is 25.9. The third-order valence-electron chi connectivity index (χ3n) is 8.82. The fraction of sp³-hybridized carbons (Fsp3) is 0.382. The van der Waals surface area contributed by atoms with Gasteiger partial charge in [-0.3, -0.25) is 9.59 Å². The van der Waals surface area contributed by atoms with Crippen molar-refractivity contribution < 1.29 is 23.9 Å². The number of para-hydroxylation sites is 1. The van der Waals surface area contributed by atoms with Gasteiger partial charge in [0.2, 0.25) is 5.91 Å². The molecule has 2 heterocycles. The molecule has 0 aliphatic carbocycles. The van der Waals surface area contributed by atoms with E-state index in [1.807, 2.05) is 80.6 Å². The minimum absolute atomic E-state index is 0.0350. The lowest BCUT2D eigenvalue weighted by Gasteiger charge is -2.43. The SMILES string of the molecule is COc1ccc(CCNC(=O)CN2CN(c3ccccc3)C3(CCN(C(=O)Nc4cccc(C)c4C)CC3)C2=O)cc1OC. The van der Waals surface area contributed by atoms with Gasteiger partial charge in [-0.15, -0.1) is 0 Å². The summed E-state index contributed by atoms with van der Waals surface area (Å²) >= 11 is 0. The van der Waals surface area contributed by atoms with E-state index in [9.17, 15) is 14.4 Å². The first-order valence-electron chi connectivity index (χ1n) is 15.0. The topological polar surface area (TPSA) is 103 Å². The van der Waals surface area contributed by atoms with Gasteiger partial charge in [0, 0.05) is 31.0 Å². The van der Waals surface area contributed by atoms with Crippen LogP contribution in [0.3, 0.4) is 0 Å². The first kappa shape index (κ1) is 30.7. The number of aryl methyl sites for hydroxylation is 1. The van der Waals surface area contributed by atoms with E-state index < -0.39 is 5.54 Å². The molecular weight excluding hydrogens is 558 g/mol. The second-order valence-corrected chi connectivity index (χ2v) is 11.4. The molecule has 2 aliphatic heterocycles. The highest BCUT2D eigenvalue weighted by molar-refractivity contribution is 5.97. The zero-order valence-electron chi connectivity index (χ0n) is 25.9. The number of methoxy groups -OCH3 is 2. The van der Waals surface area contributed by atoms with Crippen LogP contribution >= 0.6 is 0 Å². The maximum absolute atomic E-state index is 14.0. The van der Waals surface area contributed by atoms with Gasteiger partial charge in [-0.2, -0.15) is 0 Å². The number of rotatable bonds is 9. The van der Waals surface area contributed by atoms with Crippen molar-refractivity contribution in [1.82, 2.24) is 15.1 Å². The monoisotopic (exact) mass is 599 g/mol. The Morgan fingerprint density at radius 2 is 1.64 bits per heavy atom. The smallest absolute Gasteiger partial charge is 0.321 e. The van der Waals surface area contributed by atoms with Crippen LogP contribution in [-0.2, 0) is 16.0 Å². The number of urea groups is 1. The fourth-order valence-electron chi connectivity index (χ4n) is 6.09. The van der Waals surface area contributed by atoms with Crippen molar-refractivity contribution in [3.63, 3.8) is 0 Å². The first-order valence-corrected chi connectivity index (χ1v) is 15.0. The Kier molecular flexibility index (Phi) is 9.27. The Morgan fingerprint density at radius 1 is 0.909 bits per heavy atom. The maximum atomic E-state index is 14.0. The van der Waals surface area contributed by atoms with Crippen LogP contribution in [-0.4, -0.2) is 80.3 Å². The van der Waals surface area contributed by atoms with Gasteiger partial charge in [-0.1, -0.05) is 36.4 Å². The van der Waals surface area contributed by atoms with E-state index in [0.29, 0.717) is 57.1 Å². The first-order chi connectivity index (χ1) is 21.3. The number of likely N-dealkylation sites (tertiary alicyclic amines) is 1. The van der Waals surface area contributed by atoms with Crippen LogP contribution in [0, 0.1) is 13.8 Å². The minimum atomic E-state index is -0.822. The Bertz CT molecular complexity index is 1500. The molecule has 5 rings (SSSR count). The third-order valence-corrected chi connectivity index (χ3v) is 8.82. The van der Waals surface area contributed by atoms with Crippen LogP contribution in [0.5, 0.6) is 11.5 Å². The van der Waals surface area contributed by atoms with Gasteiger partial charge in [0.25, 0.3) is 5.91 Å². The molecule has 0 unspecified atom stereocenters. The molecule has 2 saturated heterocycles. The van der Waals surface area contributed by atoms with Gasteiger partial charge >= 0.3 is 6.03 Å². The summed E-state index contributed by atoms with van der Waals surface area (Å²) in [5.74, 6) is 0.997. The molecule has 232 valence electrons. The summed E-state index contributed by atoms with van der Waals surface area (Å²) in [5, 5.41) is 6.00. The number of carbonyl (C=O) groups excluding carboxylic acids is 3. The van der Waals surface area contributed by atoms with Crippen LogP contribution in [0.1, 0.15) is 29.5 Å². The lowest BCUT2D eigenvalue weighted by atomic mass is 9.85. The van der Waals surface area contributed by atoms with E-state index in [0.717, 1.165) is 28.1 Å². The van der Waals surface area contributed by atoms with Crippen LogP contribution in [0.25, 0.3) is 0 Å². The summed E-state index contributed by atoms with van der Waals surface area (Å²) < 4.78 is 10.7. The Balaban J connectivity index is 1.23. The molecule has 0 aromatic heterocycles. The Morgan fingerprint density at radius 3 is 2.34 bits per heavy atom. The number of hydrogen-bond acceptors (Lipinski definition) is 6. The number of piperidine rings is 1. The summed E-state index contributed by atoms with van der Waals surface area (Å²) in [4.78, 5) is 45.7. The standard InChI is InChI=1S/C34H41N5O5/c1-24-9-8-12-28(25(24)2)36-33(42)37-19-16-34(17-20-37)32(41)38(23-39(34)27-10-6-5-7-11-27)22-31(40)35-18-15-26-13-14-29(43-3)30(21-26)44-4/h5-14,21H,15-20,22-23H2,1-4H3,(H,35,40)(H,36,42). The fourth-order valence-corrected chi connectivity index (χ4v) is 6.09. The second kappa shape index (κ2) is 13.3. The highest BCUT2D eigenvalue weighted by atomic mass is 16.5. The van der Waals surface area contributed by atoms with Crippen molar-refractivity contribution in [3.8, 4) is 11.5 Å². The molecule has 0 atom stereocenters. The number of anilines is 2. The number of carbonyl (C=O) groups is 3. The zero-order chi connectivity index (χ0) is 31.3. The van der Waals surface area contributed by atoms with Crippen molar-refractivity contribution in [2.24, 2.45) is 0 Å². The molecule has 44 heavy (non-hydrogen) atoms. The second-order valence-electron chi connectivity index (χ2n) is 11.4. The van der Waals surface area contributed by atoms with Gasteiger partial charge in [-0.05, 0) is 80.1 Å². The molecule has 10 heteroatoms. The minimum Gasteiger partial charge on any atom is -0.493 e. The van der Waals surface area contributed by atoms with E-state index in [2.05, 4.69) is 15.5 Å². The third kappa shape index (κ3) is 6.29. The summed E-state index contributed by atoms with van der Waals surface area (Å²) in [7, 11) is 3.18. The van der Waals surface area contributed by atoms with E-state index in [4.69, 9.17) is 9.47 Å². The number of nitrogens with zero attached hydrogens (tertiary/aromatic N) is 3. The summed E-state index contributed by atoms with van der Waals surface area (Å²) in [6.07, 6.45) is 1.55. The lowest BCUT2D eigenvalue weighted by molar-refractivity contribution is -0.137. The van der Waals surface area contributed by atoms with Crippen LogP contribution in [0.2, 0.25) is 0 Å². The number of benzene rings is 3. The molecular formula is C34H41N5O5. The predicted molar refractivity (Wildman–Crippen MR) is 170 cm³/mol. The number of ether oxygens (including phenoxy) is 2. The van der Waals surface area contributed by atoms with Gasteiger partial charge < -0.3 is 34.8 Å². The van der Waals surface area contributed by atoms with E-state index in [1.54, 1.807) is 24.0 Å². The molecule has 2 N–H and O–H groups in total. The maximum Gasteiger partial charge on any atom is 0.321 e. The average molecular weight is 600 g/mol. The molecule has 0 radical (unpaired) electrons. The quantitative estimate of drug-likeness (QED) is 0.379. The van der Waals surface area contributed by atoms with Gasteiger partial charge in [-0.25, -0.2) is 4.79 Å². The number of hydrogen-bond donors (Lipinski definition) is 2. The molecule has 3 aromatic carbocycles. The van der Waals surface area contributed by atoms with Crippen molar-refractivity contribution >= 4 is 29.2 Å². The van der Waals surface area contributed by atoms with Crippen molar-refractivity contribution in [1.29, 1.82) is 0 Å². The van der Waals surface area contributed by atoms with E-state index >= 15 is 0 Å². The summed E-state index contributed by atoms with van der Waals surface area (Å²) in [5.41, 5.74) is 4.04. The van der Waals surface area contributed by atoms with E-state index in [1.165, 1.54) is 0 Å². The summed E-state index contributed by atoms with van der Waals surface area (Å²) in [6, 6.07) is 21.2. The highest BCUT2D eigenvalue weighted by Gasteiger charge is 2.54. The summed E-state index contributed by atoms with van der Waals surface area (Å²) in [6.45, 7) is 5.56. The van der Waals surface area contributed by atoms with Crippen molar-refractivity contribution in [2.75, 3.05) is 57.3 Å². The Labute approximate surface area is 258 Å². The molecule has 1 spiro atoms. The van der Waals surface area contributed by atoms with Gasteiger partial charge in [0.15, 0.2) is 11.5 Å². The number of amides is 4.